The van der Waals surface area contributed by atoms with Crippen LogP contribution in [-0.2, 0) is 9.59 Å². The van der Waals surface area contributed by atoms with Crippen LogP contribution in [0.2, 0.25) is 0 Å². The Morgan fingerprint density at radius 3 is 2.40 bits per heavy atom. The maximum absolute atomic E-state index is 11.6. The van der Waals surface area contributed by atoms with Crippen LogP contribution in [0.25, 0.3) is 0 Å². The second kappa shape index (κ2) is 8.09. The molecule has 0 aromatic heterocycles. The van der Waals surface area contributed by atoms with Gasteiger partial charge in [-0.15, -0.1) is 0 Å². The summed E-state index contributed by atoms with van der Waals surface area (Å²) in [6.45, 7) is 5.86. The molecule has 0 saturated heterocycles. The zero-order valence-corrected chi connectivity index (χ0v) is 12.2. The summed E-state index contributed by atoms with van der Waals surface area (Å²) in [5, 5.41) is 6.41. The molecule has 108 valence electrons. The average molecular weight is 275 g/mol. The average Bonchev–Trinajstić information content (AvgIpc) is 2.44. The topological polar surface area (TPSA) is 70.6 Å². The lowest BCUT2D eigenvalue weighted by Gasteiger charge is -2.05. The predicted molar refractivity (Wildman–Crippen MR) is 80.6 cm³/mol. The van der Waals surface area contributed by atoms with Crippen molar-refractivity contribution in [1.29, 1.82) is 0 Å². The van der Waals surface area contributed by atoms with Crippen molar-refractivity contribution in [2.24, 2.45) is 5.10 Å². The number of nitrogens with one attached hydrogen (secondary N) is 2. The summed E-state index contributed by atoms with van der Waals surface area (Å²) < 4.78 is 0. The SMILES string of the molecule is CCCCC(C)=NNC(=O)C(=O)Nc1ccc(C)cc1. The van der Waals surface area contributed by atoms with Gasteiger partial charge >= 0.3 is 11.8 Å². The number of rotatable bonds is 5. The molecule has 1 rings (SSSR count). The van der Waals surface area contributed by atoms with E-state index in [4.69, 9.17) is 0 Å². The summed E-state index contributed by atoms with van der Waals surface area (Å²) in [5.74, 6) is -1.48. The zero-order valence-electron chi connectivity index (χ0n) is 12.2. The summed E-state index contributed by atoms with van der Waals surface area (Å²) in [5.41, 5.74) is 4.74. The summed E-state index contributed by atoms with van der Waals surface area (Å²) in [6.07, 6.45) is 2.89. The number of nitrogens with zero attached hydrogens (tertiary/aromatic N) is 1. The van der Waals surface area contributed by atoms with Crippen LogP contribution < -0.4 is 10.7 Å². The Morgan fingerprint density at radius 1 is 1.15 bits per heavy atom. The maximum atomic E-state index is 11.6. The maximum Gasteiger partial charge on any atom is 0.329 e. The van der Waals surface area contributed by atoms with Gasteiger partial charge in [-0.25, -0.2) is 5.43 Å². The molecule has 0 bridgehead atoms. The highest BCUT2D eigenvalue weighted by Crippen LogP contribution is 2.08. The van der Waals surface area contributed by atoms with Gasteiger partial charge in [-0.05, 0) is 38.8 Å². The van der Waals surface area contributed by atoms with Crippen LogP contribution in [0.4, 0.5) is 5.69 Å². The second-order valence-electron chi connectivity index (χ2n) is 4.71. The lowest BCUT2D eigenvalue weighted by atomic mass is 10.2. The second-order valence-corrected chi connectivity index (χ2v) is 4.71. The largest absolute Gasteiger partial charge is 0.329 e. The molecule has 0 unspecified atom stereocenters. The predicted octanol–water partition coefficient (Wildman–Crippen LogP) is 2.62. The number of hydrogen-bond donors (Lipinski definition) is 2. The quantitative estimate of drug-likeness (QED) is 0.492. The first-order valence-electron chi connectivity index (χ1n) is 6.74. The number of carbonyl (C=O) groups excluding carboxylic acids is 2. The van der Waals surface area contributed by atoms with E-state index < -0.39 is 11.8 Å². The Morgan fingerprint density at radius 2 is 1.80 bits per heavy atom. The molecule has 5 heteroatoms. The highest BCUT2D eigenvalue weighted by molar-refractivity contribution is 6.39. The molecule has 0 aliphatic heterocycles. The molecule has 1 aromatic rings. The number of hydrazone groups is 1. The summed E-state index contributed by atoms with van der Waals surface area (Å²) in [6, 6.07) is 7.22. The van der Waals surface area contributed by atoms with Crippen LogP contribution in [0.5, 0.6) is 0 Å². The molecule has 0 spiro atoms. The van der Waals surface area contributed by atoms with Crippen molar-refractivity contribution in [3.63, 3.8) is 0 Å². The van der Waals surface area contributed by atoms with Gasteiger partial charge < -0.3 is 5.32 Å². The van der Waals surface area contributed by atoms with Gasteiger partial charge in [-0.2, -0.15) is 5.10 Å². The summed E-state index contributed by atoms with van der Waals surface area (Å²) >= 11 is 0. The van der Waals surface area contributed by atoms with Crippen molar-refractivity contribution in [2.75, 3.05) is 5.32 Å². The van der Waals surface area contributed by atoms with Gasteiger partial charge in [0.05, 0.1) is 0 Å². The Bertz CT molecular complexity index is 492. The van der Waals surface area contributed by atoms with Crippen molar-refractivity contribution in [3.8, 4) is 0 Å². The Labute approximate surface area is 119 Å². The van der Waals surface area contributed by atoms with Crippen LogP contribution in [0, 0.1) is 6.92 Å². The number of unbranched alkanes of at least 4 members (excludes halogenated alkanes) is 1. The van der Waals surface area contributed by atoms with E-state index in [1.54, 1.807) is 12.1 Å². The van der Waals surface area contributed by atoms with Crippen LogP contribution >= 0.6 is 0 Å². The van der Waals surface area contributed by atoms with Gasteiger partial charge in [0.1, 0.15) is 0 Å². The molecule has 0 fully saturated rings. The van der Waals surface area contributed by atoms with E-state index in [0.29, 0.717) is 5.69 Å². The van der Waals surface area contributed by atoms with Crippen LogP contribution in [0.1, 0.15) is 38.7 Å². The van der Waals surface area contributed by atoms with Gasteiger partial charge in [0.15, 0.2) is 0 Å². The molecule has 2 amide bonds. The zero-order chi connectivity index (χ0) is 15.0. The van der Waals surface area contributed by atoms with E-state index in [0.717, 1.165) is 30.5 Å². The molecule has 5 nitrogen and oxygen atoms in total. The number of anilines is 1. The normalized spacial score (nSPS) is 11.1. The van der Waals surface area contributed by atoms with Crippen molar-refractivity contribution < 1.29 is 9.59 Å². The van der Waals surface area contributed by atoms with E-state index in [1.807, 2.05) is 26.0 Å². The molecule has 2 N–H and O–H groups in total. The minimum absolute atomic E-state index is 0.586. The molecule has 0 aliphatic rings. The lowest BCUT2D eigenvalue weighted by molar-refractivity contribution is -0.136. The third-order valence-corrected chi connectivity index (χ3v) is 2.76. The number of benzene rings is 1. The van der Waals surface area contributed by atoms with E-state index in [-0.39, 0.29) is 0 Å². The van der Waals surface area contributed by atoms with Crippen molar-refractivity contribution in [3.05, 3.63) is 29.8 Å². The molecule has 0 radical (unpaired) electrons. The number of aryl methyl sites for hydroxylation is 1. The first-order valence-corrected chi connectivity index (χ1v) is 6.74. The molecular weight excluding hydrogens is 254 g/mol. The van der Waals surface area contributed by atoms with E-state index in [9.17, 15) is 9.59 Å². The Hall–Kier alpha value is -2.17. The number of hydrogen-bond acceptors (Lipinski definition) is 3. The number of carbonyl (C=O) groups is 2. The van der Waals surface area contributed by atoms with E-state index in [1.165, 1.54) is 0 Å². The molecule has 1 aromatic carbocycles. The van der Waals surface area contributed by atoms with Crippen molar-refractivity contribution >= 4 is 23.2 Å². The fraction of sp³-hybridized carbons (Fsp3) is 0.400. The Kier molecular flexibility index (Phi) is 6.43. The molecule has 0 heterocycles. The Balaban J connectivity index is 2.47. The number of amides is 2. The fourth-order valence-corrected chi connectivity index (χ4v) is 1.51. The van der Waals surface area contributed by atoms with Gasteiger partial charge in [0.25, 0.3) is 0 Å². The van der Waals surface area contributed by atoms with Crippen molar-refractivity contribution in [1.82, 2.24) is 5.43 Å². The molecular formula is C15H21N3O2. The summed E-state index contributed by atoms with van der Waals surface area (Å²) in [4.78, 5) is 23.2. The molecule has 20 heavy (non-hydrogen) atoms. The smallest absolute Gasteiger partial charge is 0.318 e. The lowest BCUT2D eigenvalue weighted by Crippen LogP contribution is -2.32. The molecule has 0 atom stereocenters. The fourth-order valence-electron chi connectivity index (χ4n) is 1.51. The van der Waals surface area contributed by atoms with Gasteiger partial charge in [0, 0.05) is 11.4 Å². The van der Waals surface area contributed by atoms with Crippen molar-refractivity contribution in [2.45, 2.75) is 40.0 Å². The monoisotopic (exact) mass is 275 g/mol. The minimum Gasteiger partial charge on any atom is -0.318 e. The molecule has 0 saturated carbocycles. The van der Waals surface area contributed by atoms with Crippen LogP contribution in [-0.4, -0.2) is 17.5 Å². The third kappa shape index (κ3) is 5.65. The van der Waals surface area contributed by atoms with Gasteiger partial charge in [-0.1, -0.05) is 31.0 Å². The van der Waals surface area contributed by atoms with Crippen LogP contribution in [0.15, 0.2) is 29.4 Å². The minimum atomic E-state index is -0.763. The van der Waals surface area contributed by atoms with Gasteiger partial charge in [0.2, 0.25) is 0 Å². The van der Waals surface area contributed by atoms with Crippen LogP contribution in [0.3, 0.4) is 0 Å². The molecule has 0 aliphatic carbocycles. The highest BCUT2D eigenvalue weighted by atomic mass is 16.2. The highest BCUT2D eigenvalue weighted by Gasteiger charge is 2.12. The van der Waals surface area contributed by atoms with Gasteiger partial charge in [-0.3, -0.25) is 9.59 Å². The third-order valence-electron chi connectivity index (χ3n) is 2.76. The summed E-state index contributed by atoms with van der Waals surface area (Å²) in [7, 11) is 0. The van der Waals surface area contributed by atoms with E-state index in [2.05, 4.69) is 22.8 Å². The first kappa shape index (κ1) is 15.9. The standard InChI is InChI=1S/C15H21N3O2/c1-4-5-6-12(3)17-18-15(20)14(19)16-13-9-7-11(2)8-10-13/h7-10H,4-6H2,1-3H3,(H,16,19)(H,18,20). The first-order chi connectivity index (χ1) is 9.52. The van der Waals surface area contributed by atoms with E-state index >= 15 is 0 Å².